The highest BCUT2D eigenvalue weighted by atomic mass is 16.3. The van der Waals surface area contributed by atoms with Gasteiger partial charge in [-0.3, -0.25) is 5.01 Å². The van der Waals surface area contributed by atoms with Crippen LogP contribution in [0.5, 0.6) is 0 Å². The fourth-order valence-electron chi connectivity index (χ4n) is 2.05. The Balaban J connectivity index is 1.84. The van der Waals surface area contributed by atoms with Gasteiger partial charge < -0.3 is 4.42 Å². The predicted octanol–water partition coefficient (Wildman–Crippen LogP) is 4.32. The molecule has 0 bridgehead atoms. The van der Waals surface area contributed by atoms with Crippen molar-refractivity contribution in [3.63, 3.8) is 0 Å². The van der Waals surface area contributed by atoms with Crippen LogP contribution in [0.2, 0.25) is 0 Å². The maximum Gasteiger partial charge on any atom is 0.146 e. The van der Waals surface area contributed by atoms with E-state index in [0.29, 0.717) is 6.54 Å². The van der Waals surface area contributed by atoms with Crippen LogP contribution in [0.1, 0.15) is 11.3 Å². The standard InChI is InChI=1S/C18H16N2O/c1-3-8-16(9-4-1)15-20(17-10-5-2-6-11-17)19-14-18-12-7-13-21-18/h1-14H,15H2/b19-14+. The molecule has 2 aromatic carbocycles. The van der Waals surface area contributed by atoms with Crippen molar-refractivity contribution in [2.75, 3.05) is 5.01 Å². The van der Waals surface area contributed by atoms with Gasteiger partial charge in [0.1, 0.15) is 5.76 Å². The number of anilines is 1. The molecule has 0 aliphatic carbocycles. The monoisotopic (exact) mass is 276 g/mol. The molecule has 3 nitrogen and oxygen atoms in total. The largest absolute Gasteiger partial charge is 0.463 e. The zero-order chi connectivity index (χ0) is 14.3. The van der Waals surface area contributed by atoms with E-state index in [0.717, 1.165) is 11.4 Å². The van der Waals surface area contributed by atoms with Crippen molar-refractivity contribution in [3.05, 3.63) is 90.4 Å². The molecule has 0 spiro atoms. The van der Waals surface area contributed by atoms with Crippen LogP contribution in [0.4, 0.5) is 5.69 Å². The van der Waals surface area contributed by atoms with Crippen LogP contribution in [-0.2, 0) is 6.54 Å². The van der Waals surface area contributed by atoms with Gasteiger partial charge in [-0.15, -0.1) is 0 Å². The SMILES string of the molecule is C(=N\N(Cc1ccccc1)c1ccccc1)/c1ccco1. The third-order valence-electron chi connectivity index (χ3n) is 3.10. The second kappa shape index (κ2) is 6.57. The summed E-state index contributed by atoms with van der Waals surface area (Å²) in [5.74, 6) is 0.740. The molecule has 0 aliphatic rings. The van der Waals surface area contributed by atoms with Gasteiger partial charge in [0.15, 0.2) is 0 Å². The van der Waals surface area contributed by atoms with E-state index < -0.39 is 0 Å². The van der Waals surface area contributed by atoms with Crippen molar-refractivity contribution >= 4 is 11.9 Å². The first-order chi connectivity index (χ1) is 10.4. The van der Waals surface area contributed by atoms with E-state index in [1.807, 2.05) is 65.7 Å². The van der Waals surface area contributed by atoms with Gasteiger partial charge in [-0.05, 0) is 29.8 Å². The number of furan rings is 1. The lowest BCUT2D eigenvalue weighted by Gasteiger charge is -2.19. The van der Waals surface area contributed by atoms with Gasteiger partial charge in [0.2, 0.25) is 0 Å². The van der Waals surface area contributed by atoms with Crippen LogP contribution in [0.25, 0.3) is 0 Å². The highest BCUT2D eigenvalue weighted by molar-refractivity contribution is 5.76. The van der Waals surface area contributed by atoms with E-state index in [2.05, 4.69) is 17.2 Å². The molecule has 1 heterocycles. The van der Waals surface area contributed by atoms with Crippen LogP contribution < -0.4 is 5.01 Å². The maximum atomic E-state index is 5.29. The summed E-state index contributed by atoms with van der Waals surface area (Å²) in [6.07, 6.45) is 3.38. The fourth-order valence-corrected chi connectivity index (χ4v) is 2.05. The predicted molar refractivity (Wildman–Crippen MR) is 85.4 cm³/mol. The molecule has 0 unspecified atom stereocenters. The Bertz CT molecular complexity index is 676. The van der Waals surface area contributed by atoms with Gasteiger partial charge in [0.05, 0.1) is 24.7 Å². The molecule has 0 aliphatic heterocycles. The molecule has 0 radical (unpaired) electrons. The van der Waals surface area contributed by atoms with Crippen molar-refractivity contribution < 1.29 is 4.42 Å². The minimum atomic E-state index is 0.710. The van der Waals surface area contributed by atoms with Gasteiger partial charge in [-0.25, -0.2) is 0 Å². The summed E-state index contributed by atoms with van der Waals surface area (Å²) < 4.78 is 5.29. The highest BCUT2D eigenvalue weighted by Gasteiger charge is 2.05. The van der Waals surface area contributed by atoms with Gasteiger partial charge in [-0.2, -0.15) is 5.10 Å². The molecule has 1 aromatic heterocycles. The molecular weight excluding hydrogens is 260 g/mol. The Labute approximate surface area is 124 Å². The third-order valence-corrected chi connectivity index (χ3v) is 3.10. The molecule has 104 valence electrons. The van der Waals surface area contributed by atoms with Crippen LogP contribution in [0, 0.1) is 0 Å². The molecule has 3 heteroatoms. The molecule has 3 aromatic rings. The van der Waals surface area contributed by atoms with Crippen LogP contribution >= 0.6 is 0 Å². The Morgan fingerprint density at radius 1 is 0.857 bits per heavy atom. The first-order valence-electron chi connectivity index (χ1n) is 6.86. The minimum absolute atomic E-state index is 0.710. The molecule has 21 heavy (non-hydrogen) atoms. The number of nitrogens with zero attached hydrogens (tertiary/aromatic N) is 2. The fraction of sp³-hybridized carbons (Fsp3) is 0.0556. The normalized spacial score (nSPS) is 10.9. The van der Waals surface area contributed by atoms with E-state index in [-0.39, 0.29) is 0 Å². The van der Waals surface area contributed by atoms with E-state index in [4.69, 9.17) is 4.42 Å². The van der Waals surface area contributed by atoms with Crippen molar-refractivity contribution in [2.45, 2.75) is 6.54 Å². The molecule has 0 saturated carbocycles. The number of benzene rings is 2. The van der Waals surface area contributed by atoms with E-state index in [1.54, 1.807) is 12.5 Å². The zero-order valence-corrected chi connectivity index (χ0v) is 11.6. The molecule has 0 fully saturated rings. The van der Waals surface area contributed by atoms with Gasteiger partial charge in [-0.1, -0.05) is 48.5 Å². The second-order valence-electron chi connectivity index (χ2n) is 4.64. The summed E-state index contributed by atoms with van der Waals surface area (Å²) in [6.45, 7) is 0.710. The van der Waals surface area contributed by atoms with Crippen molar-refractivity contribution in [1.82, 2.24) is 0 Å². The zero-order valence-electron chi connectivity index (χ0n) is 11.6. The lowest BCUT2D eigenvalue weighted by Crippen LogP contribution is -2.15. The molecule has 0 N–H and O–H groups in total. The van der Waals surface area contributed by atoms with E-state index in [1.165, 1.54) is 5.56 Å². The molecular formula is C18H16N2O. The van der Waals surface area contributed by atoms with Crippen LogP contribution in [0.15, 0.2) is 88.6 Å². The quantitative estimate of drug-likeness (QED) is 0.513. The van der Waals surface area contributed by atoms with Crippen molar-refractivity contribution in [3.8, 4) is 0 Å². The summed E-state index contributed by atoms with van der Waals surface area (Å²) in [4.78, 5) is 0. The van der Waals surface area contributed by atoms with Crippen molar-refractivity contribution in [1.29, 1.82) is 0 Å². The smallest absolute Gasteiger partial charge is 0.146 e. The van der Waals surface area contributed by atoms with Crippen LogP contribution in [-0.4, -0.2) is 6.21 Å². The van der Waals surface area contributed by atoms with Gasteiger partial charge in [0.25, 0.3) is 0 Å². The summed E-state index contributed by atoms with van der Waals surface area (Å²) in [5, 5.41) is 6.50. The molecule has 0 saturated heterocycles. The number of para-hydroxylation sites is 1. The summed E-state index contributed by atoms with van der Waals surface area (Å²) >= 11 is 0. The lowest BCUT2D eigenvalue weighted by atomic mass is 10.2. The average Bonchev–Trinajstić information content (AvgIpc) is 3.07. The molecule has 3 rings (SSSR count). The first-order valence-corrected chi connectivity index (χ1v) is 6.86. The topological polar surface area (TPSA) is 28.7 Å². The van der Waals surface area contributed by atoms with E-state index >= 15 is 0 Å². The maximum absolute atomic E-state index is 5.29. The summed E-state index contributed by atoms with van der Waals surface area (Å²) in [6, 6.07) is 24.1. The van der Waals surface area contributed by atoms with Gasteiger partial charge in [0, 0.05) is 0 Å². The highest BCUT2D eigenvalue weighted by Crippen LogP contribution is 2.17. The van der Waals surface area contributed by atoms with Crippen molar-refractivity contribution in [2.24, 2.45) is 5.10 Å². The molecule has 0 amide bonds. The first kappa shape index (κ1) is 13.2. The Morgan fingerprint density at radius 3 is 2.24 bits per heavy atom. The molecule has 0 atom stereocenters. The number of hydrogen-bond donors (Lipinski definition) is 0. The second-order valence-corrected chi connectivity index (χ2v) is 4.64. The number of hydrazone groups is 1. The van der Waals surface area contributed by atoms with Gasteiger partial charge >= 0.3 is 0 Å². The average molecular weight is 276 g/mol. The number of rotatable bonds is 5. The Kier molecular flexibility index (Phi) is 4.12. The van der Waals surface area contributed by atoms with E-state index in [9.17, 15) is 0 Å². The summed E-state index contributed by atoms with van der Waals surface area (Å²) in [7, 11) is 0. The minimum Gasteiger partial charge on any atom is -0.463 e. The van der Waals surface area contributed by atoms with Crippen LogP contribution in [0.3, 0.4) is 0 Å². The summed E-state index contributed by atoms with van der Waals surface area (Å²) in [5.41, 5.74) is 2.25. The third kappa shape index (κ3) is 3.60. The Morgan fingerprint density at radius 2 is 1.57 bits per heavy atom. The Hall–Kier alpha value is -2.81. The number of hydrogen-bond acceptors (Lipinski definition) is 3. The lowest BCUT2D eigenvalue weighted by molar-refractivity contribution is 0.559.